The van der Waals surface area contributed by atoms with E-state index in [2.05, 4.69) is 10.5 Å². The number of aliphatic hydroxyl groups is 1. The third-order valence-electron chi connectivity index (χ3n) is 3.98. The monoisotopic (exact) mass is 266 g/mol. The van der Waals surface area contributed by atoms with E-state index in [1.807, 2.05) is 20.8 Å². The summed E-state index contributed by atoms with van der Waals surface area (Å²) in [6.45, 7) is 5.75. The molecule has 0 bridgehead atoms. The first-order valence-electron chi connectivity index (χ1n) is 6.95. The van der Waals surface area contributed by atoms with E-state index in [0.717, 1.165) is 42.7 Å². The van der Waals surface area contributed by atoms with Crippen LogP contribution in [-0.4, -0.2) is 22.3 Å². The van der Waals surface area contributed by atoms with Crippen LogP contribution in [0, 0.1) is 19.8 Å². The fourth-order valence-electron chi connectivity index (χ4n) is 2.89. The molecule has 5 heteroatoms. The van der Waals surface area contributed by atoms with Gasteiger partial charge < -0.3 is 14.9 Å². The van der Waals surface area contributed by atoms with Crippen molar-refractivity contribution in [3.8, 4) is 0 Å². The number of nitrogens with zero attached hydrogens (tertiary/aromatic N) is 1. The Bertz CT molecular complexity index is 436. The van der Waals surface area contributed by atoms with E-state index in [1.165, 1.54) is 0 Å². The van der Waals surface area contributed by atoms with Gasteiger partial charge in [0.15, 0.2) is 0 Å². The van der Waals surface area contributed by atoms with Gasteiger partial charge in [0.1, 0.15) is 5.76 Å². The molecule has 1 aliphatic carbocycles. The summed E-state index contributed by atoms with van der Waals surface area (Å²) in [5, 5.41) is 16.7. The number of aromatic nitrogens is 1. The minimum Gasteiger partial charge on any atom is -0.392 e. The molecule has 0 aliphatic heterocycles. The molecule has 1 aromatic rings. The minimum absolute atomic E-state index is 0.0585. The van der Waals surface area contributed by atoms with Crippen LogP contribution < -0.4 is 5.32 Å². The van der Waals surface area contributed by atoms with Crippen LogP contribution in [-0.2, 0) is 4.79 Å². The molecular formula is C14H22N2O3. The Balaban J connectivity index is 2.09. The summed E-state index contributed by atoms with van der Waals surface area (Å²) >= 11 is 0. The second-order valence-corrected chi connectivity index (χ2v) is 5.31. The highest BCUT2D eigenvalue weighted by molar-refractivity contribution is 5.80. The maximum absolute atomic E-state index is 12.2. The number of carbonyl (C=O) groups is 1. The van der Waals surface area contributed by atoms with E-state index in [4.69, 9.17) is 4.52 Å². The van der Waals surface area contributed by atoms with Gasteiger partial charge in [0, 0.05) is 5.56 Å². The number of carbonyl (C=O) groups excluding carboxylic acids is 1. The third-order valence-corrected chi connectivity index (χ3v) is 3.98. The summed E-state index contributed by atoms with van der Waals surface area (Å²) in [5.74, 6) is 0.419. The van der Waals surface area contributed by atoms with E-state index < -0.39 is 6.10 Å². The van der Waals surface area contributed by atoms with Crippen LogP contribution in [0.15, 0.2) is 4.52 Å². The first kappa shape index (κ1) is 14.1. The Morgan fingerprint density at radius 1 is 1.53 bits per heavy atom. The number of amides is 1. The van der Waals surface area contributed by atoms with Gasteiger partial charge in [0.2, 0.25) is 5.91 Å². The van der Waals surface area contributed by atoms with E-state index in [-0.39, 0.29) is 17.9 Å². The third kappa shape index (κ3) is 2.81. The van der Waals surface area contributed by atoms with Crippen molar-refractivity contribution in [1.29, 1.82) is 0 Å². The predicted molar refractivity (Wildman–Crippen MR) is 70.5 cm³/mol. The maximum Gasteiger partial charge on any atom is 0.226 e. The molecular weight excluding hydrogens is 244 g/mol. The van der Waals surface area contributed by atoms with Gasteiger partial charge in [-0.2, -0.15) is 0 Å². The van der Waals surface area contributed by atoms with Crippen molar-refractivity contribution in [3.63, 3.8) is 0 Å². The number of aryl methyl sites for hydroxylation is 2. The van der Waals surface area contributed by atoms with Crippen LogP contribution in [0.5, 0.6) is 0 Å². The molecule has 2 N–H and O–H groups in total. The Morgan fingerprint density at radius 2 is 2.26 bits per heavy atom. The number of hydrogen-bond donors (Lipinski definition) is 2. The Labute approximate surface area is 113 Å². The van der Waals surface area contributed by atoms with Crippen LogP contribution in [0.1, 0.15) is 55.7 Å². The molecule has 0 radical (unpaired) electrons. The molecule has 1 saturated carbocycles. The molecule has 19 heavy (non-hydrogen) atoms. The van der Waals surface area contributed by atoms with E-state index in [1.54, 1.807) is 0 Å². The summed E-state index contributed by atoms with van der Waals surface area (Å²) in [7, 11) is 0. The molecule has 3 atom stereocenters. The Kier molecular flexibility index (Phi) is 4.24. The standard InChI is InChI=1S/C14H22N2O3/c1-4-11(13-8(2)16-19-9(13)3)15-14(18)10-6-5-7-12(10)17/h10-12,17H,4-7H2,1-3H3,(H,15,18). The average Bonchev–Trinajstić information content (AvgIpc) is 2.94. The summed E-state index contributed by atoms with van der Waals surface area (Å²) in [6, 6.07) is -0.0912. The van der Waals surface area contributed by atoms with E-state index in [9.17, 15) is 9.90 Å². The molecule has 0 aromatic carbocycles. The van der Waals surface area contributed by atoms with Gasteiger partial charge in [-0.25, -0.2) is 0 Å². The van der Waals surface area contributed by atoms with Gasteiger partial charge >= 0.3 is 0 Å². The van der Waals surface area contributed by atoms with E-state index in [0.29, 0.717) is 0 Å². The Morgan fingerprint density at radius 3 is 2.74 bits per heavy atom. The zero-order valence-electron chi connectivity index (χ0n) is 11.8. The van der Waals surface area contributed by atoms with Crippen LogP contribution in [0.3, 0.4) is 0 Å². The molecule has 1 aromatic heterocycles. The van der Waals surface area contributed by atoms with E-state index >= 15 is 0 Å². The summed E-state index contributed by atoms with van der Waals surface area (Å²) in [6.07, 6.45) is 2.69. The zero-order valence-corrected chi connectivity index (χ0v) is 11.8. The van der Waals surface area contributed by atoms with Gasteiger partial charge in [-0.1, -0.05) is 12.1 Å². The number of hydrogen-bond acceptors (Lipinski definition) is 4. The molecule has 1 heterocycles. The zero-order chi connectivity index (χ0) is 14.0. The number of rotatable bonds is 4. The van der Waals surface area contributed by atoms with Crippen molar-refractivity contribution in [2.24, 2.45) is 5.92 Å². The van der Waals surface area contributed by atoms with Crippen LogP contribution in [0.2, 0.25) is 0 Å². The van der Waals surface area contributed by atoms with Crippen LogP contribution in [0.4, 0.5) is 0 Å². The van der Waals surface area contributed by atoms with Crippen LogP contribution in [0.25, 0.3) is 0 Å². The molecule has 106 valence electrons. The summed E-state index contributed by atoms with van der Waals surface area (Å²) in [5.41, 5.74) is 1.78. The highest BCUT2D eigenvalue weighted by Crippen LogP contribution is 2.28. The van der Waals surface area contributed by atoms with Crippen molar-refractivity contribution < 1.29 is 14.4 Å². The number of nitrogens with one attached hydrogen (secondary N) is 1. The largest absolute Gasteiger partial charge is 0.392 e. The van der Waals surface area contributed by atoms with Crippen molar-refractivity contribution in [3.05, 3.63) is 17.0 Å². The first-order chi connectivity index (χ1) is 9.04. The van der Waals surface area contributed by atoms with Gasteiger partial charge in [-0.3, -0.25) is 4.79 Å². The molecule has 0 spiro atoms. The molecule has 3 unspecified atom stereocenters. The smallest absolute Gasteiger partial charge is 0.226 e. The highest BCUT2D eigenvalue weighted by Gasteiger charge is 2.33. The highest BCUT2D eigenvalue weighted by atomic mass is 16.5. The molecule has 5 nitrogen and oxygen atoms in total. The lowest BCUT2D eigenvalue weighted by atomic mass is 10.00. The van der Waals surface area contributed by atoms with Gasteiger partial charge in [-0.05, 0) is 39.5 Å². The molecule has 1 amide bonds. The topological polar surface area (TPSA) is 75.4 Å². The van der Waals surface area contributed by atoms with Gasteiger partial charge in [-0.15, -0.1) is 0 Å². The van der Waals surface area contributed by atoms with Gasteiger partial charge in [0.05, 0.1) is 23.8 Å². The first-order valence-corrected chi connectivity index (χ1v) is 6.95. The normalized spacial score (nSPS) is 24.4. The van der Waals surface area contributed by atoms with Gasteiger partial charge in [0.25, 0.3) is 0 Å². The quantitative estimate of drug-likeness (QED) is 0.874. The summed E-state index contributed by atoms with van der Waals surface area (Å²) in [4.78, 5) is 12.2. The molecule has 1 aliphatic rings. The number of aliphatic hydroxyl groups excluding tert-OH is 1. The van der Waals surface area contributed by atoms with Crippen molar-refractivity contribution in [1.82, 2.24) is 10.5 Å². The van der Waals surface area contributed by atoms with Crippen LogP contribution >= 0.6 is 0 Å². The lowest BCUT2D eigenvalue weighted by Gasteiger charge is -2.21. The average molecular weight is 266 g/mol. The van der Waals surface area contributed by atoms with Crippen molar-refractivity contribution in [2.75, 3.05) is 0 Å². The maximum atomic E-state index is 12.2. The summed E-state index contributed by atoms with van der Waals surface area (Å²) < 4.78 is 5.16. The van der Waals surface area contributed by atoms with Crippen molar-refractivity contribution in [2.45, 2.75) is 58.6 Å². The second-order valence-electron chi connectivity index (χ2n) is 5.31. The lowest BCUT2D eigenvalue weighted by Crippen LogP contribution is -2.37. The Hall–Kier alpha value is -1.36. The predicted octanol–water partition coefficient (Wildman–Crippen LogP) is 2.02. The molecule has 1 fully saturated rings. The van der Waals surface area contributed by atoms with Crippen molar-refractivity contribution >= 4 is 5.91 Å². The fourth-order valence-corrected chi connectivity index (χ4v) is 2.89. The lowest BCUT2D eigenvalue weighted by molar-refractivity contribution is -0.128. The molecule has 0 saturated heterocycles. The second kappa shape index (κ2) is 5.74. The fraction of sp³-hybridized carbons (Fsp3) is 0.714. The molecule has 2 rings (SSSR count). The minimum atomic E-state index is -0.498. The SMILES string of the molecule is CCC(NC(=O)C1CCCC1O)c1c(C)noc1C.